The monoisotopic (exact) mass is 304 g/mol. The zero-order valence-corrected chi connectivity index (χ0v) is 11.4. The molecule has 116 valence electrons. The Hall–Kier alpha value is -1.91. The lowest BCUT2D eigenvalue weighted by molar-refractivity contribution is -0.175. The van der Waals surface area contributed by atoms with Crippen molar-refractivity contribution in [3.05, 3.63) is 23.8 Å². The minimum Gasteiger partial charge on any atom is -0.497 e. The minimum absolute atomic E-state index is 0.0454. The fourth-order valence-electron chi connectivity index (χ4n) is 1.39. The SMILES string of the molecule is COc1ccc(OCCOCC(F)(F)F)c(C#CCO)c1. The average molecular weight is 304 g/mol. The van der Waals surface area contributed by atoms with Gasteiger partial charge >= 0.3 is 6.18 Å². The molecule has 0 radical (unpaired) electrons. The molecule has 0 atom stereocenters. The molecule has 0 spiro atoms. The highest BCUT2D eigenvalue weighted by molar-refractivity contribution is 5.50. The van der Waals surface area contributed by atoms with Crippen molar-refractivity contribution in [2.45, 2.75) is 6.18 Å². The molecule has 0 heterocycles. The highest BCUT2D eigenvalue weighted by atomic mass is 19.4. The van der Waals surface area contributed by atoms with Gasteiger partial charge in [-0.2, -0.15) is 13.2 Å². The fraction of sp³-hybridized carbons (Fsp3) is 0.429. The first kappa shape index (κ1) is 17.1. The van der Waals surface area contributed by atoms with Crippen molar-refractivity contribution in [1.29, 1.82) is 0 Å². The van der Waals surface area contributed by atoms with E-state index < -0.39 is 12.8 Å². The molecule has 21 heavy (non-hydrogen) atoms. The fourth-order valence-corrected chi connectivity index (χ4v) is 1.39. The van der Waals surface area contributed by atoms with Gasteiger partial charge in [0.2, 0.25) is 0 Å². The van der Waals surface area contributed by atoms with Crippen molar-refractivity contribution in [3.63, 3.8) is 0 Å². The zero-order valence-electron chi connectivity index (χ0n) is 11.4. The number of benzene rings is 1. The smallest absolute Gasteiger partial charge is 0.411 e. The lowest BCUT2D eigenvalue weighted by atomic mass is 10.2. The van der Waals surface area contributed by atoms with E-state index in [1.165, 1.54) is 7.11 Å². The largest absolute Gasteiger partial charge is 0.497 e. The number of ether oxygens (including phenoxy) is 3. The van der Waals surface area contributed by atoms with Crippen molar-refractivity contribution in [2.24, 2.45) is 0 Å². The first-order valence-electron chi connectivity index (χ1n) is 6.01. The predicted molar refractivity (Wildman–Crippen MR) is 69.3 cm³/mol. The first-order valence-corrected chi connectivity index (χ1v) is 6.01. The standard InChI is InChI=1S/C14H15F3O4/c1-19-12-4-5-13(11(9-12)3-2-6-18)21-8-7-20-10-14(15,16)17/h4-5,9,18H,6-8,10H2,1H3. The molecule has 0 aliphatic carbocycles. The second-order valence-corrected chi connectivity index (χ2v) is 3.84. The van der Waals surface area contributed by atoms with Crippen molar-refractivity contribution >= 4 is 0 Å². The number of methoxy groups -OCH3 is 1. The number of aliphatic hydroxyl groups is 1. The van der Waals surface area contributed by atoms with Crippen LogP contribution in [0.5, 0.6) is 11.5 Å². The van der Waals surface area contributed by atoms with Gasteiger partial charge in [-0.25, -0.2) is 0 Å². The molecular formula is C14H15F3O4. The minimum atomic E-state index is -4.35. The Kier molecular flexibility index (Phi) is 6.85. The van der Waals surface area contributed by atoms with Crippen molar-refractivity contribution < 1.29 is 32.5 Å². The lowest BCUT2D eigenvalue weighted by Gasteiger charge is -2.11. The van der Waals surface area contributed by atoms with E-state index in [0.717, 1.165) is 0 Å². The van der Waals surface area contributed by atoms with E-state index in [0.29, 0.717) is 17.1 Å². The average Bonchev–Trinajstić information content (AvgIpc) is 2.44. The summed E-state index contributed by atoms with van der Waals surface area (Å²) < 4.78 is 50.4. The van der Waals surface area contributed by atoms with Crippen LogP contribution >= 0.6 is 0 Å². The van der Waals surface area contributed by atoms with Crippen LogP contribution in [-0.2, 0) is 4.74 Å². The molecule has 7 heteroatoms. The summed E-state index contributed by atoms with van der Waals surface area (Å²) in [5.74, 6) is 6.08. The van der Waals surface area contributed by atoms with Gasteiger partial charge in [0, 0.05) is 0 Å². The summed E-state index contributed by atoms with van der Waals surface area (Å²) in [7, 11) is 1.49. The Bertz CT molecular complexity index is 503. The highest BCUT2D eigenvalue weighted by Gasteiger charge is 2.27. The lowest BCUT2D eigenvalue weighted by Crippen LogP contribution is -2.19. The van der Waals surface area contributed by atoms with Crippen molar-refractivity contribution in [3.8, 4) is 23.3 Å². The summed E-state index contributed by atoms with van der Waals surface area (Å²) in [4.78, 5) is 0. The molecule has 1 N–H and O–H groups in total. The molecule has 4 nitrogen and oxygen atoms in total. The van der Waals surface area contributed by atoms with E-state index in [9.17, 15) is 13.2 Å². The van der Waals surface area contributed by atoms with Gasteiger partial charge in [-0.05, 0) is 18.2 Å². The van der Waals surface area contributed by atoms with Crippen molar-refractivity contribution in [2.75, 3.05) is 33.5 Å². The van der Waals surface area contributed by atoms with Gasteiger partial charge < -0.3 is 19.3 Å². The molecule has 0 unspecified atom stereocenters. The summed E-state index contributed by atoms with van der Waals surface area (Å²) in [6, 6.07) is 4.83. The van der Waals surface area contributed by atoms with Crippen LogP contribution in [0, 0.1) is 11.8 Å². The molecule has 0 fully saturated rings. The van der Waals surface area contributed by atoms with Crippen LogP contribution in [0.1, 0.15) is 5.56 Å². The summed E-state index contributed by atoms with van der Waals surface area (Å²) >= 11 is 0. The van der Waals surface area contributed by atoms with E-state index in [1.54, 1.807) is 18.2 Å². The van der Waals surface area contributed by atoms with Gasteiger partial charge in [-0.3, -0.25) is 0 Å². The Morgan fingerprint density at radius 3 is 2.62 bits per heavy atom. The molecule has 0 aliphatic heterocycles. The molecule has 0 amide bonds. The van der Waals surface area contributed by atoms with E-state index in [-0.39, 0.29) is 19.8 Å². The van der Waals surface area contributed by atoms with E-state index in [4.69, 9.17) is 14.6 Å². The molecule has 1 rings (SSSR count). The molecule has 0 aromatic heterocycles. The molecular weight excluding hydrogens is 289 g/mol. The van der Waals surface area contributed by atoms with Crippen LogP contribution in [0.2, 0.25) is 0 Å². The molecule has 0 saturated heterocycles. The third-order valence-electron chi connectivity index (χ3n) is 2.24. The van der Waals surface area contributed by atoms with Crippen molar-refractivity contribution in [1.82, 2.24) is 0 Å². The van der Waals surface area contributed by atoms with Gasteiger partial charge in [0.05, 0.1) is 19.3 Å². The summed E-state index contributed by atoms with van der Waals surface area (Å²) in [5.41, 5.74) is 0.472. The summed E-state index contributed by atoms with van der Waals surface area (Å²) in [5, 5.41) is 8.70. The van der Waals surface area contributed by atoms with E-state index >= 15 is 0 Å². The Morgan fingerprint density at radius 2 is 2.00 bits per heavy atom. The molecule has 1 aromatic carbocycles. The number of hydrogen-bond donors (Lipinski definition) is 1. The maximum absolute atomic E-state index is 11.9. The highest BCUT2D eigenvalue weighted by Crippen LogP contribution is 2.23. The Labute approximate surface area is 120 Å². The zero-order chi connectivity index (χ0) is 15.7. The second kappa shape index (κ2) is 8.39. The summed E-state index contributed by atoms with van der Waals surface area (Å²) in [6.45, 7) is -1.86. The van der Waals surface area contributed by atoms with Crippen LogP contribution in [0.4, 0.5) is 13.2 Å². The second-order valence-electron chi connectivity index (χ2n) is 3.84. The maximum atomic E-state index is 11.9. The third-order valence-corrected chi connectivity index (χ3v) is 2.24. The first-order chi connectivity index (χ1) is 9.96. The topological polar surface area (TPSA) is 47.9 Å². The van der Waals surface area contributed by atoms with Crippen LogP contribution in [0.15, 0.2) is 18.2 Å². The third kappa shape index (κ3) is 6.88. The number of alkyl halides is 3. The van der Waals surface area contributed by atoms with Gasteiger partial charge in [-0.15, -0.1) is 0 Å². The number of halogens is 3. The van der Waals surface area contributed by atoms with E-state index in [2.05, 4.69) is 16.6 Å². The Balaban J connectivity index is 2.57. The van der Waals surface area contributed by atoms with Gasteiger partial charge in [0.25, 0.3) is 0 Å². The number of hydrogen-bond acceptors (Lipinski definition) is 4. The quantitative estimate of drug-likeness (QED) is 0.645. The van der Waals surface area contributed by atoms with Crippen LogP contribution in [0.25, 0.3) is 0 Å². The number of aliphatic hydroxyl groups excluding tert-OH is 1. The molecule has 1 aromatic rings. The predicted octanol–water partition coefficient (Wildman–Crippen LogP) is 2.00. The maximum Gasteiger partial charge on any atom is 0.411 e. The van der Waals surface area contributed by atoms with Gasteiger partial charge in [0.15, 0.2) is 0 Å². The van der Waals surface area contributed by atoms with E-state index in [1.807, 2.05) is 0 Å². The van der Waals surface area contributed by atoms with Gasteiger partial charge in [-0.1, -0.05) is 11.8 Å². The van der Waals surface area contributed by atoms with Crippen LogP contribution < -0.4 is 9.47 Å². The number of rotatable bonds is 6. The molecule has 0 aliphatic rings. The normalized spacial score (nSPS) is 10.7. The summed E-state index contributed by atoms with van der Waals surface area (Å²) in [6.07, 6.45) is -4.35. The van der Waals surface area contributed by atoms with Crippen LogP contribution in [0.3, 0.4) is 0 Å². The molecule has 0 saturated carbocycles. The van der Waals surface area contributed by atoms with Crippen LogP contribution in [-0.4, -0.2) is 44.8 Å². The Morgan fingerprint density at radius 1 is 1.24 bits per heavy atom. The van der Waals surface area contributed by atoms with Gasteiger partial charge in [0.1, 0.15) is 31.3 Å². The molecule has 0 bridgehead atoms.